The Hall–Kier alpha value is -2.84. The predicted octanol–water partition coefficient (Wildman–Crippen LogP) is 3.81. The lowest BCUT2D eigenvalue weighted by atomic mass is 9.66. The molecule has 38 heavy (non-hydrogen) atoms. The monoisotopic (exact) mass is 535 g/mol. The number of aryl methyl sites for hydroxylation is 2. The van der Waals surface area contributed by atoms with E-state index in [1.807, 2.05) is 69.3 Å². The van der Waals surface area contributed by atoms with Gasteiger partial charge in [0.2, 0.25) is 17.7 Å². The molecular formula is C30H37N3O4S. The van der Waals surface area contributed by atoms with Gasteiger partial charge in [-0.25, -0.2) is 0 Å². The number of amides is 3. The van der Waals surface area contributed by atoms with Gasteiger partial charge >= 0.3 is 0 Å². The van der Waals surface area contributed by atoms with Crippen molar-refractivity contribution < 1.29 is 19.5 Å². The van der Waals surface area contributed by atoms with E-state index in [1.165, 1.54) is 0 Å². The number of carbonyl (C=O) groups is 3. The van der Waals surface area contributed by atoms with Gasteiger partial charge in [0.25, 0.3) is 0 Å². The molecule has 2 bridgehead atoms. The normalized spacial score (nSPS) is 30.3. The zero-order chi connectivity index (χ0) is 27.2. The van der Waals surface area contributed by atoms with Crippen molar-refractivity contribution in [3.8, 4) is 0 Å². The zero-order valence-corrected chi connectivity index (χ0v) is 23.3. The summed E-state index contributed by atoms with van der Waals surface area (Å²) in [5, 5.41) is 16.5. The summed E-state index contributed by atoms with van der Waals surface area (Å²) in [6.07, 6.45) is 1.95. The van der Waals surface area contributed by atoms with Crippen LogP contribution in [-0.2, 0) is 20.9 Å². The molecule has 0 aliphatic carbocycles. The fourth-order valence-electron chi connectivity index (χ4n) is 6.97. The summed E-state index contributed by atoms with van der Waals surface area (Å²) in [6, 6.07) is 14.3. The van der Waals surface area contributed by atoms with Crippen molar-refractivity contribution in [3.05, 3.63) is 65.2 Å². The number of hydrogen-bond donors (Lipinski definition) is 3. The molecular weight excluding hydrogens is 498 g/mol. The molecule has 8 heteroatoms. The van der Waals surface area contributed by atoms with Gasteiger partial charge < -0.3 is 20.6 Å². The van der Waals surface area contributed by atoms with Crippen LogP contribution in [0.4, 0.5) is 5.69 Å². The topological polar surface area (TPSA) is 98.7 Å². The molecule has 3 heterocycles. The van der Waals surface area contributed by atoms with Gasteiger partial charge in [-0.2, -0.15) is 0 Å². The molecule has 6 atom stereocenters. The second-order valence-electron chi connectivity index (χ2n) is 11.2. The number of carbonyl (C=O) groups excluding carboxylic acids is 3. The van der Waals surface area contributed by atoms with Crippen molar-refractivity contribution in [2.45, 2.75) is 75.1 Å². The molecule has 5 rings (SSSR count). The maximum absolute atomic E-state index is 14.2. The number of fused-ring (bicyclic) bond motifs is 1. The second kappa shape index (κ2) is 10.0. The second-order valence-corrected chi connectivity index (χ2v) is 13.1. The molecule has 3 saturated heterocycles. The largest absolute Gasteiger partial charge is 0.394 e. The molecule has 2 aromatic carbocycles. The first-order chi connectivity index (χ1) is 18.2. The third-order valence-electron chi connectivity index (χ3n) is 8.86. The maximum atomic E-state index is 14.2. The molecule has 202 valence electrons. The van der Waals surface area contributed by atoms with Gasteiger partial charge in [-0.05, 0) is 56.7 Å². The molecule has 3 amide bonds. The van der Waals surface area contributed by atoms with Crippen LogP contribution in [0, 0.1) is 25.7 Å². The smallest absolute Gasteiger partial charge is 0.248 e. The van der Waals surface area contributed by atoms with Gasteiger partial charge in [-0.3, -0.25) is 14.4 Å². The molecule has 2 aromatic rings. The third kappa shape index (κ3) is 4.13. The number of rotatable bonds is 8. The van der Waals surface area contributed by atoms with Crippen molar-refractivity contribution in [2.75, 3.05) is 11.9 Å². The van der Waals surface area contributed by atoms with E-state index < -0.39 is 33.4 Å². The highest BCUT2D eigenvalue weighted by atomic mass is 32.2. The average Bonchev–Trinajstić information content (AvgIpc) is 3.47. The van der Waals surface area contributed by atoms with E-state index in [0.717, 1.165) is 28.8 Å². The van der Waals surface area contributed by atoms with Gasteiger partial charge in [0, 0.05) is 17.0 Å². The summed E-state index contributed by atoms with van der Waals surface area (Å²) in [5.41, 5.74) is 3.65. The van der Waals surface area contributed by atoms with Crippen molar-refractivity contribution in [2.24, 2.45) is 11.8 Å². The molecule has 0 radical (unpaired) electrons. The fourth-order valence-corrected chi connectivity index (χ4v) is 9.31. The lowest BCUT2D eigenvalue weighted by Crippen LogP contribution is -2.54. The molecule has 3 aliphatic rings. The molecule has 7 nitrogen and oxygen atoms in total. The summed E-state index contributed by atoms with van der Waals surface area (Å²) in [5.74, 6) is -1.74. The van der Waals surface area contributed by atoms with Crippen LogP contribution in [0.2, 0.25) is 0 Å². The Balaban J connectivity index is 1.51. The average molecular weight is 536 g/mol. The Morgan fingerprint density at radius 1 is 1.08 bits per heavy atom. The molecule has 3 N–H and O–H groups in total. The number of nitrogens with zero attached hydrogens (tertiary/aromatic N) is 1. The van der Waals surface area contributed by atoms with Crippen molar-refractivity contribution in [3.63, 3.8) is 0 Å². The summed E-state index contributed by atoms with van der Waals surface area (Å²) < 4.78 is -1.16. The first kappa shape index (κ1) is 26.8. The van der Waals surface area contributed by atoms with E-state index in [1.54, 1.807) is 16.7 Å². The Morgan fingerprint density at radius 3 is 2.39 bits per heavy atom. The molecule has 0 aromatic heterocycles. The van der Waals surface area contributed by atoms with E-state index >= 15 is 0 Å². The van der Waals surface area contributed by atoms with Crippen LogP contribution in [-0.4, -0.2) is 55.9 Å². The standard InChI is InChI=1S/C30H37N3O4S/c1-5-21(17-34)33-25(27(36)32-24-18(2)10-9-11-19(24)3)30-15-14-29(4,38-30)22(23(30)28(33)37)26(35)31-16-20-12-7-6-8-13-20/h6-13,21-23,25,34H,5,14-17H2,1-4H3,(H,31,35)(H,32,36)/t21-,22-,23-,25?,29+,30?/m0/s1. The number of aliphatic hydroxyl groups excluding tert-OH is 1. The molecule has 0 saturated carbocycles. The van der Waals surface area contributed by atoms with E-state index in [-0.39, 0.29) is 24.3 Å². The lowest BCUT2D eigenvalue weighted by Gasteiger charge is -2.37. The zero-order valence-electron chi connectivity index (χ0n) is 22.5. The minimum atomic E-state index is -0.769. The summed E-state index contributed by atoms with van der Waals surface area (Å²) in [6.45, 7) is 8.04. The predicted molar refractivity (Wildman–Crippen MR) is 150 cm³/mol. The number of thioether (sulfide) groups is 1. The van der Waals surface area contributed by atoms with E-state index in [0.29, 0.717) is 19.4 Å². The van der Waals surface area contributed by atoms with Crippen molar-refractivity contribution in [1.29, 1.82) is 0 Å². The van der Waals surface area contributed by atoms with Gasteiger partial charge in [0.15, 0.2) is 0 Å². The van der Waals surface area contributed by atoms with Crippen LogP contribution in [0.25, 0.3) is 0 Å². The van der Waals surface area contributed by atoms with Crippen LogP contribution >= 0.6 is 11.8 Å². The number of likely N-dealkylation sites (tertiary alicyclic amines) is 1. The SMILES string of the molecule is CC[C@@H](CO)N1C(=O)[C@@H]2[C@@H](C(=O)NCc3ccccc3)[C@@]3(C)CCC2(S3)C1C(=O)Nc1c(C)cccc1C. The first-order valence-corrected chi connectivity index (χ1v) is 14.3. The number of aliphatic hydroxyl groups is 1. The number of anilines is 1. The molecule has 3 aliphatic heterocycles. The Morgan fingerprint density at radius 2 is 1.76 bits per heavy atom. The van der Waals surface area contributed by atoms with Crippen LogP contribution in [0.1, 0.15) is 49.8 Å². The van der Waals surface area contributed by atoms with Crippen LogP contribution in [0.3, 0.4) is 0 Å². The highest BCUT2D eigenvalue weighted by Crippen LogP contribution is 2.71. The lowest BCUT2D eigenvalue weighted by molar-refractivity contribution is -0.142. The Bertz CT molecular complexity index is 1230. The van der Waals surface area contributed by atoms with E-state index in [9.17, 15) is 19.5 Å². The van der Waals surface area contributed by atoms with Crippen molar-refractivity contribution >= 4 is 35.2 Å². The van der Waals surface area contributed by atoms with Gasteiger partial charge in [0.05, 0.1) is 29.2 Å². The van der Waals surface area contributed by atoms with Crippen LogP contribution in [0.5, 0.6) is 0 Å². The van der Waals surface area contributed by atoms with Gasteiger partial charge in [-0.1, -0.05) is 55.5 Å². The molecule has 1 spiro atoms. The van der Waals surface area contributed by atoms with Gasteiger partial charge in [-0.15, -0.1) is 11.8 Å². The number of nitrogens with one attached hydrogen (secondary N) is 2. The summed E-state index contributed by atoms with van der Waals surface area (Å²) >= 11 is 1.65. The summed E-state index contributed by atoms with van der Waals surface area (Å²) in [7, 11) is 0. The number of benzene rings is 2. The fraction of sp³-hybridized carbons (Fsp3) is 0.500. The highest BCUT2D eigenvalue weighted by molar-refractivity contribution is 8.02. The first-order valence-electron chi connectivity index (χ1n) is 13.5. The van der Waals surface area contributed by atoms with Crippen molar-refractivity contribution in [1.82, 2.24) is 10.2 Å². The Kier molecular flexibility index (Phi) is 7.07. The maximum Gasteiger partial charge on any atom is 0.248 e. The molecule has 2 unspecified atom stereocenters. The Labute approximate surface area is 228 Å². The van der Waals surface area contributed by atoms with E-state index in [2.05, 4.69) is 17.6 Å². The third-order valence-corrected chi connectivity index (χ3v) is 10.8. The number of para-hydroxylation sites is 1. The molecule has 3 fully saturated rings. The minimum Gasteiger partial charge on any atom is -0.394 e. The number of hydrogen-bond acceptors (Lipinski definition) is 5. The van der Waals surface area contributed by atoms with Gasteiger partial charge in [0.1, 0.15) is 6.04 Å². The summed E-state index contributed by atoms with van der Waals surface area (Å²) in [4.78, 5) is 43.7. The van der Waals surface area contributed by atoms with E-state index in [4.69, 9.17) is 0 Å². The highest BCUT2D eigenvalue weighted by Gasteiger charge is 2.77. The quantitative estimate of drug-likeness (QED) is 0.478. The van der Waals surface area contributed by atoms with Crippen LogP contribution < -0.4 is 10.6 Å². The minimum absolute atomic E-state index is 0.142. The van der Waals surface area contributed by atoms with Crippen LogP contribution in [0.15, 0.2) is 48.5 Å².